The summed E-state index contributed by atoms with van der Waals surface area (Å²) >= 11 is 0. The van der Waals surface area contributed by atoms with Crippen molar-refractivity contribution in [2.75, 3.05) is 6.61 Å². The van der Waals surface area contributed by atoms with E-state index in [1.54, 1.807) is 0 Å². The number of ether oxygens (including phenoxy) is 1. The van der Waals surface area contributed by atoms with Gasteiger partial charge in [-0.2, -0.15) is 0 Å². The van der Waals surface area contributed by atoms with Crippen LogP contribution in [0.25, 0.3) is 0 Å². The first-order chi connectivity index (χ1) is 3.81. The summed E-state index contributed by atoms with van der Waals surface area (Å²) in [5.41, 5.74) is 0. The maximum absolute atomic E-state index is 5.34. The van der Waals surface area contributed by atoms with Crippen molar-refractivity contribution in [3.63, 3.8) is 0 Å². The van der Waals surface area contributed by atoms with E-state index in [0.717, 1.165) is 19.4 Å². The Morgan fingerprint density at radius 3 is 2.10 bits per heavy atom. The molecule has 0 aromatic carbocycles. The van der Waals surface area contributed by atoms with Gasteiger partial charge in [-0.05, 0) is 19.8 Å². The van der Waals surface area contributed by atoms with Crippen LogP contribution < -0.4 is 0 Å². The molecule has 56 valence electrons. The molecular weight excluding hydrogens is 200 g/mol. The van der Waals surface area contributed by atoms with Gasteiger partial charge in [0.05, 0.1) is 6.10 Å². The van der Waals surface area contributed by atoms with Gasteiger partial charge in [0.1, 0.15) is 0 Å². The minimum atomic E-state index is 0. The molecule has 3 heteroatoms. The molecule has 0 aromatic heterocycles. The van der Waals surface area contributed by atoms with E-state index < -0.39 is 0 Å². The third-order valence-electron chi connectivity index (χ3n) is 1.18. The molecule has 0 N–H and O–H groups in total. The predicted octanol–water partition coefficient (Wildman–Crippen LogP) is 1.83. The van der Waals surface area contributed by atoms with Crippen molar-refractivity contribution in [1.29, 1.82) is 0 Å². The van der Waals surface area contributed by atoms with E-state index in [0.29, 0.717) is 6.10 Å². The molecule has 0 rings (SSSR count). The second kappa shape index (κ2) is 12.8. The van der Waals surface area contributed by atoms with Crippen LogP contribution in [0, 0.1) is 0 Å². The second-order valence-corrected chi connectivity index (χ2v) is 2.09. The summed E-state index contributed by atoms with van der Waals surface area (Å²) in [5.74, 6) is 0. The summed E-state index contributed by atoms with van der Waals surface area (Å²) in [4.78, 5) is 0. The summed E-state index contributed by atoms with van der Waals surface area (Å²) < 4.78 is 5.34. The Bertz CT molecular complexity index is 52.9. The standard InChI is InChI=1S/C7H16O.B.Y/c1-4-6-8-7(3)5-2;;/h7H,4-6H2,1-3H3;;. The molecule has 0 amide bonds. The van der Waals surface area contributed by atoms with Crippen LogP contribution in [-0.4, -0.2) is 21.1 Å². The van der Waals surface area contributed by atoms with Crippen LogP contribution in [0.4, 0.5) is 0 Å². The summed E-state index contributed by atoms with van der Waals surface area (Å²) in [6.07, 6.45) is 2.71. The van der Waals surface area contributed by atoms with Crippen LogP contribution >= 0.6 is 0 Å². The SMILES string of the molecule is CCCOC(C)CC.[B].[Y]. The second-order valence-electron chi connectivity index (χ2n) is 2.09. The Morgan fingerprint density at radius 1 is 1.30 bits per heavy atom. The van der Waals surface area contributed by atoms with Gasteiger partial charge in [-0.25, -0.2) is 0 Å². The first-order valence-electron chi connectivity index (χ1n) is 3.42. The Hall–Kier alpha value is 1.13. The van der Waals surface area contributed by atoms with E-state index in [1.165, 1.54) is 0 Å². The number of hydrogen-bond acceptors (Lipinski definition) is 1. The number of hydrogen-bond donors (Lipinski definition) is 0. The fourth-order valence-electron chi connectivity index (χ4n) is 0.437. The van der Waals surface area contributed by atoms with E-state index in [-0.39, 0.29) is 41.1 Å². The minimum absolute atomic E-state index is 0. The fraction of sp³-hybridized carbons (Fsp3) is 1.00. The molecular formula is C7H16BOY. The van der Waals surface area contributed by atoms with Crippen molar-refractivity contribution in [2.45, 2.75) is 39.7 Å². The molecule has 0 aliphatic heterocycles. The third kappa shape index (κ3) is 11.9. The molecule has 0 bridgehead atoms. The smallest absolute Gasteiger partial charge is 0.0544 e. The first-order valence-corrected chi connectivity index (χ1v) is 3.42. The maximum Gasteiger partial charge on any atom is 0.0544 e. The molecule has 10 heavy (non-hydrogen) atoms. The van der Waals surface area contributed by atoms with E-state index >= 15 is 0 Å². The molecule has 0 aromatic rings. The summed E-state index contributed by atoms with van der Waals surface area (Å²) in [6.45, 7) is 7.29. The Balaban J connectivity index is -0.000000245. The van der Waals surface area contributed by atoms with Crippen LogP contribution in [0.1, 0.15) is 33.6 Å². The molecule has 1 atom stereocenters. The van der Waals surface area contributed by atoms with E-state index in [1.807, 2.05) is 0 Å². The molecule has 4 radical (unpaired) electrons. The average molecular weight is 216 g/mol. The van der Waals surface area contributed by atoms with Gasteiger partial charge in [0.2, 0.25) is 0 Å². The fourth-order valence-corrected chi connectivity index (χ4v) is 0.437. The molecule has 1 unspecified atom stereocenters. The van der Waals surface area contributed by atoms with Crippen molar-refractivity contribution < 1.29 is 37.4 Å². The summed E-state index contributed by atoms with van der Waals surface area (Å²) in [7, 11) is 0. The normalized spacial score (nSPS) is 11.1. The van der Waals surface area contributed by atoms with Gasteiger partial charge in [0.25, 0.3) is 0 Å². The van der Waals surface area contributed by atoms with Gasteiger partial charge in [0.15, 0.2) is 0 Å². The van der Waals surface area contributed by atoms with Gasteiger partial charge >= 0.3 is 0 Å². The van der Waals surface area contributed by atoms with Crippen molar-refractivity contribution >= 4 is 8.41 Å². The van der Waals surface area contributed by atoms with E-state index in [2.05, 4.69) is 20.8 Å². The van der Waals surface area contributed by atoms with E-state index in [4.69, 9.17) is 4.74 Å². The van der Waals surface area contributed by atoms with Gasteiger partial charge in [0, 0.05) is 47.7 Å². The first kappa shape index (κ1) is 17.3. The van der Waals surface area contributed by atoms with Crippen LogP contribution in [0.3, 0.4) is 0 Å². The van der Waals surface area contributed by atoms with Gasteiger partial charge in [-0.15, -0.1) is 0 Å². The molecule has 0 aliphatic rings. The zero-order valence-corrected chi connectivity index (χ0v) is 10.1. The minimum Gasteiger partial charge on any atom is -0.379 e. The van der Waals surface area contributed by atoms with Crippen molar-refractivity contribution in [1.82, 2.24) is 0 Å². The van der Waals surface area contributed by atoms with Gasteiger partial charge in [-0.3, -0.25) is 0 Å². The summed E-state index contributed by atoms with van der Waals surface area (Å²) in [5, 5.41) is 0. The molecule has 0 saturated heterocycles. The number of rotatable bonds is 4. The molecule has 0 heterocycles. The molecule has 1 nitrogen and oxygen atoms in total. The molecule has 0 saturated carbocycles. The third-order valence-corrected chi connectivity index (χ3v) is 1.18. The molecule has 0 spiro atoms. The van der Waals surface area contributed by atoms with Crippen LogP contribution in [-0.2, 0) is 37.4 Å². The maximum atomic E-state index is 5.34. The zero-order chi connectivity index (χ0) is 6.41. The van der Waals surface area contributed by atoms with Crippen molar-refractivity contribution in [2.24, 2.45) is 0 Å². The zero-order valence-electron chi connectivity index (χ0n) is 7.26. The van der Waals surface area contributed by atoms with Crippen LogP contribution in [0.15, 0.2) is 0 Å². The van der Waals surface area contributed by atoms with Crippen LogP contribution in [0.2, 0.25) is 0 Å². The molecule has 0 aliphatic carbocycles. The summed E-state index contributed by atoms with van der Waals surface area (Å²) in [6, 6.07) is 0. The Morgan fingerprint density at radius 2 is 1.80 bits per heavy atom. The van der Waals surface area contributed by atoms with Gasteiger partial charge in [-0.1, -0.05) is 13.8 Å². The monoisotopic (exact) mass is 216 g/mol. The topological polar surface area (TPSA) is 9.23 Å². The largest absolute Gasteiger partial charge is 0.379 e. The Labute approximate surface area is 91.7 Å². The average Bonchev–Trinajstić information content (AvgIpc) is 1.83. The van der Waals surface area contributed by atoms with Crippen molar-refractivity contribution in [3.8, 4) is 0 Å². The van der Waals surface area contributed by atoms with Crippen LogP contribution in [0.5, 0.6) is 0 Å². The van der Waals surface area contributed by atoms with Crippen molar-refractivity contribution in [3.05, 3.63) is 0 Å². The molecule has 0 fully saturated rings. The van der Waals surface area contributed by atoms with Gasteiger partial charge < -0.3 is 4.74 Å². The predicted molar refractivity (Wildman–Crippen MR) is 41.8 cm³/mol. The Kier molecular flexibility index (Phi) is 22.1. The quantitative estimate of drug-likeness (QED) is 0.651. The van der Waals surface area contributed by atoms with E-state index in [9.17, 15) is 0 Å².